The van der Waals surface area contributed by atoms with Crippen LogP contribution in [0.4, 0.5) is 4.79 Å². The van der Waals surface area contributed by atoms with Crippen LogP contribution in [-0.2, 0) is 4.74 Å². The zero-order valence-electron chi connectivity index (χ0n) is 10.1. The van der Waals surface area contributed by atoms with Gasteiger partial charge >= 0.3 is 6.03 Å². The highest BCUT2D eigenvalue weighted by atomic mass is 16.5. The Morgan fingerprint density at radius 1 is 1.35 bits per heavy atom. The number of rotatable bonds is 7. The molecule has 0 atom stereocenters. The molecule has 0 aromatic heterocycles. The molecular formula is C11H18N4O2. The molecule has 0 saturated carbocycles. The van der Waals surface area contributed by atoms with Gasteiger partial charge in [0.05, 0.1) is 0 Å². The molecule has 0 aromatic carbocycles. The van der Waals surface area contributed by atoms with Crippen LogP contribution in [0.25, 0.3) is 0 Å². The van der Waals surface area contributed by atoms with Gasteiger partial charge in [0.1, 0.15) is 5.70 Å². The van der Waals surface area contributed by atoms with Crippen LogP contribution in [0.3, 0.4) is 0 Å². The summed E-state index contributed by atoms with van der Waals surface area (Å²) >= 11 is 0. The minimum absolute atomic E-state index is 0.386. The van der Waals surface area contributed by atoms with Crippen molar-refractivity contribution in [1.29, 1.82) is 0 Å². The maximum absolute atomic E-state index is 10.9. The predicted molar refractivity (Wildman–Crippen MR) is 65.2 cm³/mol. The second kappa shape index (κ2) is 7.67. The van der Waals surface area contributed by atoms with Crippen LogP contribution in [0.15, 0.2) is 27.5 Å². The molecule has 0 fully saturated rings. The minimum Gasteiger partial charge on any atom is -0.381 e. The van der Waals surface area contributed by atoms with Crippen molar-refractivity contribution >= 4 is 11.9 Å². The summed E-state index contributed by atoms with van der Waals surface area (Å²) < 4.78 is 5.39. The summed E-state index contributed by atoms with van der Waals surface area (Å²) in [6.45, 7) is 7.81. The standard InChI is InChI=1S/C11H18N4O2/c1-3-4-7-17-8-5-6-12-10-9(2)14-15-11(16)13-10/h2-8H2,1H3,(H,12,13,16). The van der Waals surface area contributed by atoms with E-state index in [9.17, 15) is 4.79 Å². The fraction of sp³-hybridized carbons (Fsp3) is 0.636. The quantitative estimate of drug-likeness (QED) is 0.691. The lowest BCUT2D eigenvalue weighted by atomic mass is 10.3. The summed E-state index contributed by atoms with van der Waals surface area (Å²) in [5, 5.41) is 9.39. The third-order valence-electron chi connectivity index (χ3n) is 2.12. The van der Waals surface area contributed by atoms with Gasteiger partial charge in [-0.25, -0.2) is 4.79 Å². The van der Waals surface area contributed by atoms with Crippen molar-refractivity contribution in [2.24, 2.45) is 15.2 Å². The number of nitrogens with zero attached hydrogens (tertiary/aromatic N) is 3. The van der Waals surface area contributed by atoms with Gasteiger partial charge in [0.15, 0.2) is 5.84 Å². The topological polar surface area (TPSA) is 75.4 Å². The SMILES string of the molecule is C=C1N=NC(=O)NC1=NCCCOCCCC. The maximum Gasteiger partial charge on any atom is 0.365 e. The Hall–Kier alpha value is -1.56. The number of ether oxygens (including phenoxy) is 1. The predicted octanol–water partition coefficient (Wildman–Crippen LogP) is 2.28. The van der Waals surface area contributed by atoms with Crippen LogP contribution in [0, 0.1) is 0 Å². The molecule has 6 heteroatoms. The molecule has 94 valence electrons. The Morgan fingerprint density at radius 3 is 2.88 bits per heavy atom. The van der Waals surface area contributed by atoms with Gasteiger partial charge in [0.25, 0.3) is 0 Å². The van der Waals surface area contributed by atoms with Crippen LogP contribution in [0.5, 0.6) is 0 Å². The van der Waals surface area contributed by atoms with E-state index in [1.807, 2.05) is 0 Å². The van der Waals surface area contributed by atoms with E-state index < -0.39 is 6.03 Å². The van der Waals surface area contributed by atoms with Gasteiger partial charge < -0.3 is 4.74 Å². The van der Waals surface area contributed by atoms with E-state index in [2.05, 4.69) is 34.0 Å². The van der Waals surface area contributed by atoms with Gasteiger partial charge in [-0.2, -0.15) is 0 Å². The van der Waals surface area contributed by atoms with Gasteiger partial charge in [-0.05, 0) is 12.8 Å². The van der Waals surface area contributed by atoms with Crippen LogP contribution < -0.4 is 5.32 Å². The molecule has 0 spiro atoms. The van der Waals surface area contributed by atoms with Crippen molar-refractivity contribution in [3.63, 3.8) is 0 Å². The molecule has 0 unspecified atom stereocenters. The maximum atomic E-state index is 10.9. The van der Waals surface area contributed by atoms with Crippen LogP contribution in [0.1, 0.15) is 26.2 Å². The molecule has 1 aliphatic heterocycles. The van der Waals surface area contributed by atoms with Crippen molar-refractivity contribution in [1.82, 2.24) is 5.32 Å². The van der Waals surface area contributed by atoms with Crippen molar-refractivity contribution in [2.45, 2.75) is 26.2 Å². The highest BCUT2D eigenvalue weighted by Crippen LogP contribution is 2.03. The van der Waals surface area contributed by atoms with E-state index in [1.54, 1.807) is 0 Å². The summed E-state index contributed by atoms with van der Waals surface area (Å²) in [7, 11) is 0. The monoisotopic (exact) mass is 238 g/mol. The lowest BCUT2D eigenvalue weighted by Gasteiger charge is -2.09. The number of carbonyl (C=O) groups is 1. The second-order valence-electron chi connectivity index (χ2n) is 3.63. The lowest BCUT2D eigenvalue weighted by Crippen LogP contribution is -2.31. The molecule has 0 radical (unpaired) electrons. The van der Waals surface area contributed by atoms with Crippen LogP contribution in [0.2, 0.25) is 0 Å². The van der Waals surface area contributed by atoms with Crippen LogP contribution >= 0.6 is 0 Å². The smallest absolute Gasteiger partial charge is 0.365 e. The van der Waals surface area contributed by atoms with E-state index in [-0.39, 0.29) is 0 Å². The molecule has 0 bridgehead atoms. The number of carbonyl (C=O) groups excluding carboxylic acids is 1. The number of aliphatic imine (C=N–C) groups is 1. The normalized spacial score (nSPS) is 17.6. The van der Waals surface area contributed by atoms with Crippen LogP contribution in [-0.4, -0.2) is 31.6 Å². The van der Waals surface area contributed by atoms with E-state index in [4.69, 9.17) is 4.74 Å². The van der Waals surface area contributed by atoms with E-state index >= 15 is 0 Å². The Labute approximate surface area is 101 Å². The molecule has 0 saturated heterocycles. The molecule has 1 rings (SSSR count). The van der Waals surface area contributed by atoms with Gasteiger partial charge in [0, 0.05) is 19.8 Å². The van der Waals surface area contributed by atoms with Gasteiger partial charge in [-0.1, -0.05) is 25.0 Å². The first-order valence-electron chi connectivity index (χ1n) is 5.78. The van der Waals surface area contributed by atoms with Crippen molar-refractivity contribution in [3.8, 4) is 0 Å². The molecule has 1 heterocycles. The fourth-order valence-corrected chi connectivity index (χ4v) is 1.19. The number of hydrogen-bond acceptors (Lipinski definition) is 4. The largest absolute Gasteiger partial charge is 0.381 e. The highest BCUT2D eigenvalue weighted by molar-refractivity contribution is 6.08. The zero-order valence-corrected chi connectivity index (χ0v) is 10.1. The molecule has 0 aromatic rings. The van der Waals surface area contributed by atoms with Crippen molar-refractivity contribution < 1.29 is 9.53 Å². The first-order valence-corrected chi connectivity index (χ1v) is 5.78. The molecule has 1 N–H and O–H groups in total. The Balaban J connectivity index is 2.18. The Kier molecular flexibility index (Phi) is 6.09. The van der Waals surface area contributed by atoms with E-state index in [0.29, 0.717) is 24.7 Å². The summed E-state index contributed by atoms with van der Waals surface area (Å²) in [5.74, 6) is 0.401. The number of nitrogens with one attached hydrogen (secondary N) is 1. The molecular weight excluding hydrogens is 220 g/mol. The summed E-state index contributed by atoms with van der Waals surface area (Å²) in [4.78, 5) is 15.1. The van der Waals surface area contributed by atoms with Crippen molar-refractivity contribution in [3.05, 3.63) is 12.3 Å². The first-order chi connectivity index (χ1) is 8.24. The summed E-state index contributed by atoms with van der Waals surface area (Å²) in [6, 6.07) is -0.504. The number of urea groups is 1. The Bertz CT molecular complexity index is 336. The molecule has 2 amide bonds. The highest BCUT2D eigenvalue weighted by Gasteiger charge is 2.13. The average molecular weight is 238 g/mol. The average Bonchev–Trinajstić information content (AvgIpc) is 2.32. The van der Waals surface area contributed by atoms with Crippen molar-refractivity contribution in [2.75, 3.05) is 19.8 Å². The number of amidine groups is 1. The summed E-state index contributed by atoms with van der Waals surface area (Å²) in [6.07, 6.45) is 3.04. The lowest BCUT2D eigenvalue weighted by molar-refractivity contribution is 0.130. The molecule has 6 nitrogen and oxygen atoms in total. The number of unbranched alkanes of at least 4 members (excludes halogenated alkanes) is 1. The fourth-order valence-electron chi connectivity index (χ4n) is 1.19. The number of amides is 2. The third-order valence-corrected chi connectivity index (χ3v) is 2.12. The number of hydrogen-bond donors (Lipinski definition) is 1. The molecule has 1 aliphatic rings. The van der Waals surface area contributed by atoms with E-state index in [0.717, 1.165) is 25.9 Å². The second-order valence-corrected chi connectivity index (χ2v) is 3.63. The first kappa shape index (κ1) is 13.5. The van der Waals surface area contributed by atoms with Gasteiger partial charge in [0.2, 0.25) is 0 Å². The zero-order chi connectivity index (χ0) is 12.5. The third kappa shape index (κ3) is 5.35. The molecule has 17 heavy (non-hydrogen) atoms. The molecule has 0 aliphatic carbocycles. The Morgan fingerprint density at radius 2 is 2.12 bits per heavy atom. The van der Waals surface area contributed by atoms with Gasteiger partial charge in [-0.15, -0.1) is 5.11 Å². The van der Waals surface area contributed by atoms with E-state index in [1.165, 1.54) is 0 Å². The summed E-state index contributed by atoms with van der Waals surface area (Å²) in [5.41, 5.74) is 0.386. The minimum atomic E-state index is -0.504. The number of azo groups is 1. The van der Waals surface area contributed by atoms with Gasteiger partial charge in [-0.3, -0.25) is 10.3 Å².